The van der Waals surface area contributed by atoms with Crippen molar-refractivity contribution in [2.75, 3.05) is 13.2 Å². The van der Waals surface area contributed by atoms with Gasteiger partial charge in [-0.3, -0.25) is 0 Å². The SMILES string of the molecule is OC1=C(Br)[C@@H]2c3cccc(CCCCOC4CCCCO4)c3O[C@@H]2C1. The average molecular weight is 409 g/mol. The molecule has 1 N–H and O–H groups in total. The van der Waals surface area contributed by atoms with Gasteiger partial charge in [0.2, 0.25) is 0 Å². The number of para-hydroxylation sites is 1. The first kappa shape index (κ1) is 17.4. The molecule has 4 nitrogen and oxygen atoms in total. The molecule has 1 aliphatic carbocycles. The van der Waals surface area contributed by atoms with E-state index in [9.17, 15) is 5.11 Å². The van der Waals surface area contributed by atoms with Gasteiger partial charge in [0.1, 0.15) is 17.6 Å². The number of benzene rings is 1. The highest BCUT2D eigenvalue weighted by atomic mass is 79.9. The second-order valence-electron chi connectivity index (χ2n) is 7.09. The highest BCUT2D eigenvalue weighted by Crippen LogP contribution is 2.52. The summed E-state index contributed by atoms with van der Waals surface area (Å²) in [5.41, 5.74) is 2.46. The van der Waals surface area contributed by atoms with Crippen molar-refractivity contribution in [1.29, 1.82) is 0 Å². The lowest BCUT2D eigenvalue weighted by atomic mass is 9.95. The topological polar surface area (TPSA) is 47.9 Å². The molecule has 0 spiro atoms. The van der Waals surface area contributed by atoms with Gasteiger partial charge in [-0.1, -0.05) is 34.1 Å². The summed E-state index contributed by atoms with van der Waals surface area (Å²) in [7, 11) is 0. The molecule has 1 saturated heterocycles. The molecular weight excluding hydrogens is 384 g/mol. The predicted molar refractivity (Wildman–Crippen MR) is 99.3 cm³/mol. The van der Waals surface area contributed by atoms with Gasteiger partial charge in [0.15, 0.2) is 6.29 Å². The second kappa shape index (κ2) is 7.68. The molecule has 1 unspecified atom stereocenters. The normalized spacial score (nSPS) is 28.0. The maximum atomic E-state index is 9.93. The fourth-order valence-corrected chi connectivity index (χ4v) is 4.71. The van der Waals surface area contributed by atoms with Gasteiger partial charge < -0.3 is 19.3 Å². The van der Waals surface area contributed by atoms with E-state index in [2.05, 4.69) is 34.1 Å². The summed E-state index contributed by atoms with van der Waals surface area (Å²) < 4.78 is 18.5. The molecule has 1 aromatic rings. The molecule has 4 rings (SSSR count). The van der Waals surface area contributed by atoms with Crippen LogP contribution in [0.25, 0.3) is 0 Å². The van der Waals surface area contributed by atoms with Crippen LogP contribution in [-0.4, -0.2) is 30.7 Å². The number of halogens is 1. The summed E-state index contributed by atoms with van der Waals surface area (Å²) in [6.07, 6.45) is 7.12. The van der Waals surface area contributed by atoms with Gasteiger partial charge >= 0.3 is 0 Å². The standard InChI is InChI=1S/C20H25BrO4/c21-19-15(22)12-16-18(19)14-8-5-7-13(20(14)25-16)6-1-3-10-23-17-9-2-4-11-24-17/h5,7-8,16-18,22H,1-4,6,9-12H2/t16-,17?,18-/m1/s1. The molecule has 25 heavy (non-hydrogen) atoms. The van der Waals surface area contributed by atoms with E-state index in [0.717, 1.165) is 55.5 Å². The minimum absolute atomic E-state index is 0.00856. The van der Waals surface area contributed by atoms with Crippen molar-refractivity contribution in [2.45, 2.75) is 63.3 Å². The van der Waals surface area contributed by atoms with Crippen LogP contribution in [0.2, 0.25) is 0 Å². The Labute approximate surface area is 157 Å². The van der Waals surface area contributed by atoms with Gasteiger partial charge in [-0.2, -0.15) is 0 Å². The highest BCUT2D eigenvalue weighted by Gasteiger charge is 2.43. The van der Waals surface area contributed by atoms with Gasteiger partial charge in [-0.05, 0) is 44.1 Å². The lowest BCUT2D eigenvalue weighted by Gasteiger charge is -2.22. The summed E-state index contributed by atoms with van der Waals surface area (Å²) in [4.78, 5) is 0. The van der Waals surface area contributed by atoms with Crippen LogP contribution in [0, 0.1) is 0 Å². The van der Waals surface area contributed by atoms with Crippen LogP contribution in [0.15, 0.2) is 28.4 Å². The first-order valence-corrected chi connectivity index (χ1v) is 10.1. The van der Waals surface area contributed by atoms with Crippen molar-refractivity contribution in [3.8, 4) is 5.75 Å². The molecule has 0 amide bonds. The summed E-state index contributed by atoms with van der Waals surface area (Å²) >= 11 is 3.54. The molecule has 0 radical (unpaired) electrons. The number of aliphatic hydroxyl groups is 1. The van der Waals surface area contributed by atoms with Crippen LogP contribution in [-0.2, 0) is 15.9 Å². The average Bonchev–Trinajstić information content (AvgIpc) is 3.12. The smallest absolute Gasteiger partial charge is 0.157 e. The zero-order chi connectivity index (χ0) is 17.2. The first-order valence-electron chi connectivity index (χ1n) is 9.33. The Morgan fingerprint density at radius 3 is 3.00 bits per heavy atom. The molecule has 5 heteroatoms. The van der Waals surface area contributed by atoms with Gasteiger partial charge in [0.25, 0.3) is 0 Å². The molecule has 136 valence electrons. The number of aliphatic hydroxyl groups excluding tert-OH is 1. The minimum Gasteiger partial charge on any atom is -0.511 e. The fraction of sp³-hybridized carbons (Fsp3) is 0.600. The molecular formula is C20H25BrO4. The third-order valence-electron chi connectivity index (χ3n) is 5.33. The van der Waals surface area contributed by atoms with Crippen molar-refractivity contribution in [3.63, 3.8) is 0 Å². The van der Waals surface area contributed by atoms with E-state index >= 15 is 0 Å². The van der Waals surface area contributed by atoms with Gasteiger partial charge in [-0.15, -0.1) is 0 Å². The number of hydrogen-bond donors (Lipinski definition) is 1. The minimum atomic E-state index is 0.00856. The van der Waals surface area contributed by atoms with Gasteiger partial charge in [0.05, 0.1) is 5.92 Å². The van der Waals surface area contributed by atoms with Crippen LogP contribution in [0.3, 0.4) is 0 Å². The van der Waals surface area contributed by atoms with Crippen molar-refractivity contribution < 1.29 is 19.3 Å². The number of aryl methyl sites for hydroxylation is 1. The van der Waals surface area contributed by atoms with Crippen LogP contribution in [0.5, 0.6) is 5.75 Å². The Morgan fingerprint density at radius 2 is 2.16 bits per heavy atom. The fourth-order valence-electron chi connectivity index (χ4n) is 4.01. The highest BCUT2D eigenvalue weighted by molar-refractivity contribution is 9.11. The van der Waals surface area contributed by atoms with E-state index in [0.29, 0.717) is 12.2 Å². The summed E-state index contributed by atoms with van der Waals surface area (Å²) in [6.45, 7) is 1.59. The lowest BCUT2D eigenvalue weighted by molar-refractivity contribution is -0.162. The Bertz CT molecular complexity index is 651. The zero-order valence-electron chi connectivity index (χ0n) is 14.4. The molecule has 0 bridgehead atoms. The maximum Gasteiger partial charge on any atom is 0.157 e. The van der Waals surface area contributed by atoms with Crippen LogP contribution in [0.1, 0.15) is 55.6 Å². The lowest BCUT2D eigenvalue weighted by Crippen LogP contribution is -2.22. The number of fused-ring (bicyclic) bond motifs is 3. The van der Waals surface area contributed by atoms with Crippen LogP contribution >= 0.6 is 15.9 Å². The summed E-state index contributed by atoms with van der Waals surface area (Å²) in [6, 6.07) is 6.37. The third kappa shape index (κ3) is 3.60. The first-order chi connectivity index (χ1) is 12.2. The number of unbranched alkanes of at least 4 members (excludes halogenated alkanes) is 1. The van der Waals surface area contributed by atoms with E-state index in [1.807, 2.05) is 0 Å². The predicted octanol–water partition coefficient (Wildman–Crippen LogP) is 4.97. The molecule has 2 aliphatic heterocycles. The van der Waals surface area contributed by atoms with Crippen molar-refractivity contribution in [3.05, 3.63) is 39.6 Å². The van der Waals surface area contributed by atoms with E-state index < -0.39 is 0 Å². The van der Waals surface area contributed by atoms with Crippen molar-refractivity contribution in [1.82, 2.24) is 0 Å². The summed E-state index contributed by atoms with van der Waals surface area (Å²) in [5.74, 6) is 1.60. The Hall–Kier alpha value is -1.04. The number of rotatable bonds is 6. The molecule has 2 heterocycles. The third-order valence-corrected chi connectivity index (χ3v) is 6.28. The molecule has 3 atom stereocenters. The maximum absolute atomic E-state index is 9.93. The van der Waals surface area contributed by atoms with Crippen molar-refractivity contribution in [2.24, 2.45) is 0 Å². The Morgan fingerprint density at radius 1 is 1.24 bits per heavy atom. The largest absolute Gasteiger partial charge is 0.511 e. The van der Waals surface area contributed by atoms with E-state index in [-0.39, 0.29) is 18.3 Å². The van der Waals surface area contributed by atoms with Crippen molar-refractivity contribution >= 4 is 15.9 Å². The quantitative estimate of drug-likeness (QED) is 0.675. The molecule has 1 fully saturated rings. The van der Waals surface area contributed by atoms with E-state index in [1.165, 1.54) is 17.5 Å². The van der Waals surface area contributed by atoms with Crippen LogP contribution < -0.4 is 4.74 Å². The van der Waals surface area contributed by atoms with Crippen LogP contribution in [0.4, 0.5) is 0 Å². The number of hydrogen-bond acceptors (Lipinski definition) is 4. The molecule has 3 aliphatic rings. The van der Waals surface area contributed by atoms with Gasteiger partial charge in [-0.25, -0.2) is 0 Å². The van der Waals surface area contributed by atoms with E-state index in [1.54, 1.807) is 0 Å². The summed E-state index contributed by atoms with van der Waals surface area (Å²) in [5, 5.41) is 9.93. The molecule has 0 aromatic heterocycles. The monoisotopic (exact) mass is 408 g/mol. The number of ether oxygens (including phenoxy) is 3. The molecule has 1 aromatic carbocycles. The van der Waals surface area contributed by atoms with Gasteiger partial charge in [0, 0.05) is 29.7 Å². The Balaban J connectivity index is 1.30. The second-order valence-corrected chi connectivity index (χ2v) is 7.95. The molecule has 0 saturated carbocycles. The Kier molecular flexibility index (Phi) is 5.34. The zero-order valence-corrected chi connectivity index (χ0v) is 16.0. The van der Waals surface area contributed by atoms with E-state index in [4.69, 9.17) is 14.2 Å².